The van der Waals surface area contributed by atoms with Gasteiger partial charge in [0.2, 0.25) is 34.8 Å². The molecule has 0 N–H and O–H groups in total. The van der Waals surface area contributed by atoms with E-state index >= 15 is 0 Å². The van der Waals surface area contributed by atoms with Crippen LogP contribution in [0.15, 0.2) is 0 Å². The third kappa shape index (κ3) is 32.6. The number of ether oxygens (including phenoxy) is 11. The van der Waals surface area contributed by atoms with Crippen molar-refractivity contribution in [3.05, 3.63) is 29.1 Å². The van der Waals surface area contributed by atoms with Crippen LogP contribution in [0, 0.1) is 29.1 Å². The quantitative estimate of drug-likeness (QED) is 0.0157. The van der Waals surface area contributed by atoms with Crippen molar-refractivity contribution >= 4 is 5.97 Å². The summed E-state index contributed by atoms with van der Waals surface area (Å²) in [5, 5.41) is 0. The van der Waals surface area contributed by atoms with Crippen LogP contribution in [0.25, 0.3) is 0 Å². The van der Waals surface area contributed by atoms with Gasteiger partial charge >= 0.3 is 5.97 Å². The van der Waals surface area contributed by atoms with Gasteiger partial charge in [0.05, 0.1) is 132 Å². The van der Waals surface area contributed by atoms with Crippen LogP contribution in [0.5, 0.6) is 5.75 Å². The first-order valence-electron chi connectivity index (χ1n) is 21.9. The van der Waals surface area contributed by atoms with Crippen LogP contribution in [0.4, 0.5) is 22.0 Å². The van der Waals surface area contributed by atoms with E-state index < -0.39 is 47.2 Å². The average molecular weight is 877 g/mol. The minimum atomic E-state index is -2.35. The Morgan fingerprint density at radius 3 is 0.850 bits per heavy atom. The fourth-order valence-electron chi connectivity index (χ4n) is 5.47. The molecule has 17 heteroatoms. The van der Waals surface area contributed by atoms with Crippen LogP contribution < -0.4 is 4.74 Å². The molecule has 0 aliphatic rings. The summed E-state index contributed by atoms with van der Waals surface area (Å²) in [4.78, 5) is 11.7. The van der Waals surface area contributed by atoms with E-state index in [0.29, 0.717) is 99.1 Å². The third-order valence-electron chi connectivity index (χ3n) is 8.83. The molecule has 0 amide bonds. The van der Waals surface area contributed by atoms with E-state index in [9.17, 15) is 26.7 Å². The molecule has 1 rings (SSSR count). The van der Waals surface area contributed by atoms with Crippen molar-refractivity contribution in [2.45, 2.75) is 103 Å². The lowest BCUT2D eigenvalue weighted by atomic mass is 10.0. The number of rotatable bonds is 46. The summed E-state index contributed by atoms with van der Waals surface area (Å²) in [6.45, 7) is 10.4. The van der Waals surface area contributed by atoms with E-state index in [1.165, 1.54) is 83.5 Å². The highest BCUT2D eigenvalue weighted by atomic mass is 19.2. The number of carbonyl (C=O) groups is 1. The maximum Gasteiger partial charge on any atom is 0.313 e. The van der Waals surface area contributed by atoms with E-state index in [1.54, 1.807) is 0 Å². The molecule has 0 atom stereocenters. The van der Waals surface area contributed by atoms with Gasteiger partial charge in [-0.25, -0.2) is 13.2 Å². The first-order valence-corrected chi connectivity index (χ1v) is 21.9. The average Bonchev–Trinajstić information content (AvgIpc) is 3.25. The molecule has 1 aromatic carbocycles. The summed E-state index contributed by atoms with van der Waals surface area (Å²) in [5.41, 5.74) is 0. The Morgan fingerprint density at radius 2 is 0.550 bits per heavy atom. The molecular formula is C43H73F5O12. The summed E-state index contributed by atoms with van der Waals surface area (Å²) in [7, 11) is 0. The zero-order chi connectivity index (χ0) is 43.6. The van der Waals surface area contributed by atoms with Crippen molar-refractivity contribution < 1.29 is 78.9 Å². The number of benzene rings is 1. The topological polar surface area (TPSA) is 119 Å². The normalized spacial score (nSPS) is 11.6. The number of carbonyl (C=O) groups excluding carboxylic acids is 1. The van der Waals surface area contributed by atoms with Crippen LogP contribution in [-0.4, -0.2) is 138 Å². The minimum absolute atomic E-state index is 0.0840. The zero-order valence-electron chi connectivity index (χ0n) is 36.0. The number of hydrogen-bond acceptors (Lipinski definition) is 12. The first kappa shape index (κ1) is 56.0. The first-order chi connectivity index (χ1) is 29.4. The summed E-state index contributed by atoms with van der Waals surface area (Å²) >= 11 is 0. The Balaban J connectivity index is 1.69. The molecule has 60 heavy (non-hydrogen) atoms. The minimum Gasteiger partial charge on any atom is -0.420 e. The van der Waals surface area contributed by atoms with E-state index in [1.807, 2.05) is 0 Å². The van der Waals surface area contributed by atoms with Crippen LogP contribution >= 0.6 is 0 Å². The molecule has 0 saturated heterocycles. The Hall–Kier alpha value is -2.06. The molecule has 0 aliphatic heterocycles. The third-order valence-corrected chi connectivity index (χ3v) is 8.83. The van der Waals surface area contributed by atoms with E-state index in [0.717, 1.165) is 13.0 Å². The molecule has 0 heterocycles. The largest absolute Gasteiger partial charge is 0.420 e. The second kappa shape index (κ2) is 42.3. The fraction of sp³-hybridized carbons (Fsp3) is 0.837. The Morgan fingerprint density at radius 1 is 0.317 bits per heavy atom. The van der Waals surface area contributed by atoms with Gasteiger partial charge in [0.25, 0.3) is 0 Å². The zero-order valence-corrected chi connectivity index (χ0v) is 36.0. The summed E-state index contributed by atoms with van der Waals surface area (Å²) in [6, 6.07) is 0. The predicted molar refractivity (Wildman–Crippen MR) is 215 cm³/mol. The van der Waals surface area contributed by atoms with Crippen molar-refractivity contribution in [3.63, 3.8) is 0 Å². The Labute approximate surface area is 354 Å². The highest BCUT2D eigenvalue weighted by Gasteiger charge is 2.28. The van der Waals surface area contributed by atoms with Gasteiger partial charge < -0.3 is 52.1 Å². The lowest BCUT2D eigenvalue weighted by Crippen LogP contribution is -2.16. The molecule has 0 aliphatic carbocycles. The molecule has 0 saturated carbocycles. The lowest BCUT2D eigenvalue weighted by Gasteiger charge is -2.09. The van der Waals surface area contributed by atoms with Crippen LogP contribution in [-0.2, 0) is 52.2 Å². The molecule has 0 radical (unpaired) electrons. The van der Waals surface area contributed by atoms with E-state index in [4.69, 9.17) is 47.4 Å². The van der Waals surface area contributed by atoms with Crippen LogP contribution in [0.1, 0.15) is 103 Å². The molecule has 0 fully saturated rings. The Bertz CT molecular complexity index is 1110. The van der Waals surface area contributed by atoms with Gasteiger partial charge in [-0.2, -0.15) is 8.78 Å². The number of hydrogen-bond donors (Lipinski definition) is 0. The standard InChI is InChI=1S/C43H73F5O12/c1-2-3-4-5-6-7-8-9-10-11-12-13-14-15-17-50-19-21-52-23-25-54-27-29-56-31-33-58-35-36-59-34-32-57-30-28-55-26-24-53-22-20-51-18-16-37(49)60-43-41(47)39(45)38(44)40(46)42(43)48/h2-36H2,1H3. The molecule has 0 unspecified atom stereocenters. The lowest BCUT2D eigenvalue weighted by molar-refractivity contribution is -0.136. The van der Waals surface area contributed by atoms with Gasteiger partial charge in [-0.15, -0.1) is 0 Å². The highest BCUT2D eigenvalue weighted by Crippen LogP contribution is 2.29. The number of halogens is 5. The number of esters is 1. The number of unbranched alkanes of at least 4 members (excludes halogenated alkanes) is 13. The van der Waals surface area contributed by atoms with Crippen LogP contribution in [0.2, 0.25) is 0 Å². The van der Waals surface area contributed by atoms with Crippen LogP contribution in [0.3, 0.4) is 0 Å². The van der Waals surface area contributed by atoms with Crippen molar-refractivity contribution in [2.75, 3.05) is 132 Å². The maximum absolute atomic E-state index is 13.6. The molecular weight excluding hydrogens is 803 g/mol. The molecule has 0 spiro atoms. The SMILES string of the molecule is CCCCCCCCCCCCCCCCOCCOCCOCCOCCOCCOCCOCCOCCOCCOCCC(=O)Oc1c(F)c(F)c(F)c(F)c1F. The maximum atomic E-state index is 13.6. The highest BCUT2D eigenvalue weighted by molar-refractivity contribution is 5.72. The molecule has 0 bridgehead atoms. The van der Waals surface area contributed by atoms with E-state index in [2.05, 4.69) is 11.7 Å². The van der Waals surface area contributed by atoms with Crippen molar-refractivity contribution in [3.8, 4) is 5.75 Å². The van der Waals surface area contributed by atoms with Gasteiger partial charge in [0.1, 0.15) is 0 Å². The summed E-state index contributed by atoms with van der Waals surface area (Å²) < 4.78 is 125. The molecule has 352 valence electrons. The van der Waals surface area contributed by atoms with Crippen molar-refractivity contribution in [1.82, 2.24) is 0 Å². The van der Waals surface area contributed by atoms with Gasteiger partial charge in [-0.05, 0) is 6.42 Å². The Kier molecular flexibility index (Phi) is 39.4. The molecule has 1 aromatic rings. The van der Waals surface area contributed by atoms with Gasteiger partial charge in [-0.3, -0.25) is 4.79 Å². The van der Waals surface area contributed by atoms with Crippen molar-refractivity contribution in [1.29, 1.82) is 0 Å². The fourth-order valence-corrected chi connectivity index (χ4v) is 5.47. The van der Waals surface area contributed by atoms with Gasteiger partial charge in [0.15, 0.2) is 0 Å². The van der Waals surface area contributed by atoms with E-state index in [-0.39, 0.29) is 26.4 Å². The summed E-state index contributed by atoms with van der Waals surface area (Å²) in [5.74, 6) is -14.1. The molecule has 0 aromatic heterocycles. The molecule has 12 nitrogen and oxygen atoms in total. The second-order valence-corrected chi connectivity index (χ2v) is 13.8. The van der Waals surface area contributed by atoms with Gasteiger partial charge in [0, 0.05) is 6.61 Å². The van der Waals surface area contributed by atoms with Gasteiger partial charge in [-0.1, -0.05) is 90.4 Å². The predicted octanol–water partition coefficient (Wildman–Crippen LogP) is 8.32. The second-order valence-electron chi connectivity index (χ2n) is 13.8. The summed E-state index contributed by atoms with van der Waals surface area (Å²) in [6.07, 6.45) is 18.5. The monoisotopic (exact) mass is 877 g/mol. The smallest absolute Gasteiger partial charge is 0.313 e. The van der Waals surface area contributed by atoms with Crippen molar-refractivity contribution in [2.24, 2.45) is 0 Å².